The van der Waals surface area contributed by atoms with E-state index in [0.29, 0.717) is 0 Å². The largest absolute Gasteiger partial charge is 0.0864 e. The van der Waals surface area contributed by atoms with Crippen molar-refractivity contribution < 1.29 is 0 Å². The lowest BCUT2D eigenvalue weighted by Gasteiger charge is -2.03. The van der Waals surface area contributed by atoms with E-state index in [1.807, 2.05) is 0 Å². The highest BCUT2D eigenvalue weighted by Gasteiger charge is 1.95. The highest BCUT2D eigenvalue weighted by atomic mass is 127. The van der Waals surface area contributed by atoms with Crippen molar-refractivity contribution in [1.29, 1.82) is 0 Å². The van der Waals surface area contributed by atoms with Crippen molar-refractivity contribution in [3.05, 3.63) is 52.6 Å². The van der Waals surface area contributed by atoms with E-state index in [0.717, 1.165) is 12.8 Å². The van der Waals surface area contributed by atoms with Gasteiger partial charge in [-0.3, -0.25) is 0 Å². The van der Waals surface area contributed by atoms with Crippen LogP contribution in [0.15, 0.2) is 41.5 Å². The maximum absolute atomic E-state index is 2.45. The van der Waals surface area contributed by atoms with Crippen molar-refractivity contribution in [2.45, 2.75) is 46.5 Å². The highest BCUT2D eigenvalue weighted by molar-refractivity contribution is 14.1. The van der Waals surface area contributed by atoms with Gasteiger partial charge < -0.3 is 0 Å². The fourth-order valence-corrected chi connectivity index (χ4v) is 2.44. The molecule has 0 aliphatic heterocycles. The second-order valence-electron chi connectivity index (χ2n) is 5.35. The molecule has 1 aromatic rings. The average Bonchev–Trinajstić information content (AvgIpc) is 2.36. The van der Waals surface area contributed by atoms with Crippen molar-refractivity contribution in [2.24, 2.45) is 0 Å². The molecule has 0 atom stereocenters. The van der Waals surface area contributed by atoms with Crippen molar-refractivity contribution >= 4 is 28.7 Å². The van der Waals surface area contributed by atoms with Crippen LogP contribution in [0.25, 0.3) is 6.08 Å². The summed E-state index contributed by atoms with van der Waals surface area (Å²) in [5, 5.41) is 0. The van der Waals surface area contributed by atoms with Gasteiger partial charge in [-0.1, -0.05) is 70.2 Å². The Kier molecular flexibility index (Phi) is 8.11. The van der Waals surface area contributed by atoms with Crippen LogP contribution < -0.4 is 0 Å². The van der Waals surface area contributed by atoms with Crippen LogP contribution in [0.1, 0.15) is 51.2 Å². The number of alkyl halides is 1. The molecule has 0 bridgehead atoms. The van der Waals surface area contributed by atoms with E-state index in [4.69, 9.17) is 0 Å². The highest BCUT2D eigenvalue weighted by Crippen LogP contribution is 2.15. The summed E-state index contributed by atoms with van der Waals surface area (Å²) in [7, 11) is 0. The molecule has 0 unspecified atom stereocenters. The summed E-state index contributed by atoms with van der Waals surface area (Å²) in [5.74, 6) is 0. The first-order valence-corrected chi connectivity index (χ1v) is 8.60. The molecule has 0 amide bonds. The Morgan fingerprint density at radius 3 is 2.68 bits per heavy atom. The third-order valence-corrected chi connectivity index (χ3v) is 3.82. The Bertz CT molecular complexity index is 437. The van der Waals surface area contributed by atoms with Gasteiger partial charge in [-0.15, -0.1) is 0 Å². The molecule has 0 heterocycles. The molecule has 0 aliphatic rings. The van der Waals surface area contributed by atoms with Gasteiger partial charge in [0.1, 0.15) is 0 Å². The molecular formula is C18H25I. The van der Waals surface area contributed by atoms with Gasteiger partial charge in [0.05, 0.1) is 0 Å². The van der Waals surface area contributed by atoms with Crippen molar-refractivity contribution in [3.63, 3.8) is 0 Å². The molecule has 0 saturated heterocycles. The van der Waals surface area contributed by atoms with Crippen LogP contribution in [0.5, 0.6) is 0 Å². The third-order valence-electron chi connectivity index (χ3n) is 3.05. The number of benzene rings is 1. The number of allylic oxidation sites excluding steroid dienone is 3. The molecule has 104 valence electrons. The van der Waals surface area contributed by atoms with E-state index in [1.165, 1.54) is 39.5 Å². The lowest BCUT2D eigenvalue weighted by molar-refractivity contribution is 0.945. The first kappa shape index (κ1) is 16.5. The van der Waals surface area contributed by atoms with Crippen LogP contribution in [0.2, 0.25) is 0 Å². The first-order chi connectivity index (χ1) is 9.11. The summed E-state index contributed by atoms with van der Waals surface area (Å²) in [4.78, 5) is 0. The lowest BCUT2D eigenvalue weighted by atomic mass is 10.0. The van der Waals surface area contributed by atoms with Crippen LogP contribution in [0.3, 0.4) is 0 Å². The fraction of sp³-hybridized carbons (Fsp3) is 0.444. The number of hydrogen-bond donors (Lipinski definition) is 0. The zero-order chi connectivity index (χ0) is 14.1. The van der Waals surface area contributed by atoms with E-state index in [1.54, 1.807) is 0 Å². The predicted molar refractivity (Wildman–Crippen MR) is 96.0 cm³/mol. The maximum Gasteiger partial charge on any atom is -0.000156 e. The molecule has 0 radical (unpaired) electrons. The normalized spacial score (nSPS) is 11.5. The van der Waals surface area contributed by atoms with Crippen molar-refractivity contribution in [3.8, 4) is 0 Å². The smallest absolute Gasteiger partial charge is 0.000156 e. The van der Waals surface area contributed by atoms with Crippen LogP contribution in [-0.4, -0.2) is 4.43 Å². The number of rotatable bonds is 7. The number of halogens is 1. The molecule has 1 aromatic carbocycles. The Morgan fingerprint density at radius 1 is 1.21 bits per heavy atom. The lowest BCUT2D eigenvalue weighted by Crippen LogP contribution is -1.87. The quantitative estimate of drug-likeness (QED) is 0.305. The second kappa shape index (κ2) is 9.35. The van der Waals surface area contributed by atoms with Crippen molar-refractivity contribution in [1.82, 2.24) is 0 Å². The standard InChI is InChI=1S/C18H25I/c1-15(2)7-4-8-16(3)13-18-10-5-9-17(14-18)11-6-12-19/h5,7,9-10,13-14H,4,6,8,11-12H2,1-3H3. The van der Waals surface area contributed by atoms with Crippen LogP contribution in [-0.2, 0) is 6.42 Å². The van der Waals surface area contributed by atoms with E-state index < -0.39 is 0 Å². The topological polar surface area (TPSA) is 0 Å². The van der Waals surface area contributed by atoms with Gasteiger partial charge >= 0.3 is 0 Å². The molecule has 0 N–H and O–H groups in total. The summed E-state index contributed by atoms with van der Waals surface area (Å²) < 4.78 is 1.24. The second-order valence-corrected chi connectivity index (χ2v) is 6.43. The first-order valence-electron chi connectivity index (χ1n) is 7.07. The molecule has 0 aliphatic carbocycles. The molecular weight excluding hydrogens is 343 g/mol. The van der Waals surface area contributed by atoms with E-state index in [-0.39, 0.29) is 0 Å². The molecule has 1 heteroatoms. The van der Waals surface area contributed by atoms with Gasteiger partial charge in [-0.25, -0.2) is 0 Å². The molecule has 0 nitrogen and oxygen atoms in total. The van der Waals surface area contributed by atoms with E-state index in [9.17, 15) is 0 Å². The Balaban J connectivity index is 2.61. The Labute approximate surface area is 132 Å². The monoisotopic (exact) mass is 368 g/mol. The molecule has 0 aromatic heterocycles. The Hall–Kier alpha value is -0.570. The van der Waals surface area contributed by atoms with E-state index >= 15 is 0 Å². The van der Waals surface area contributed by atoms with Gasteiger partial charge in [-0.05, 0) is 62.0 Å². The number of hydrogen-bond acceptors (Lipinski definition) is 0. The molecule has 19 heavy (non-hydrogen) atoms. The van der Waals surface area contributed by atoms with Gasteiger partial charge in [0.2, 0.25) is 0 Å². The van der Waals surface area contributed by atoms with Crippen LogP contribution in [0.4, 0.5) is 0 Å². The summed E-state index contributed by atoms with van der Waals surface area (Å²) in [6.07, 6.45) is 9.41. The average molecular weight is 368 g/mol. The molecule has 0 spiro atoms. The maximum atomic E-state index is 2.45. The van der Waals surface area contributed by atoms with Gasteiger partial charge in [0.15, 0.2) is 0 Å². The predicted octanol–water partition coefficient (Wildman–Crippen LogP) is 6.20. The molecule has 0 fully saturated rings. The van der Waals surface area contributed by atoms with Gasteiger partial charge in [-0.2, -0.15) is 0 Å². The van der Waals surface area contributed by atoms with Crippen LogP contribution >= 0.6 is 22.6 Å². The van der Waals surface area contributed by atoms with E-state index in [2.05, 4.69) is 79.8 Å². The molecule has 0 saturated carbocycles. The zero-order valence-electron chi connectivity index (χ0n) is 12.4. The Morgan fingerprint density at radius 2 is 2.00 bits per heavy atom. The minimum absolute atomic E-state index is 1.15. The minimum atomic E-state index is 1.15. The summed E-state index contributed by atoms with van der Waals surface area (Å²) >= 11 is 2.45. The SMILES string of the molecule is CC(C)=CCCC(C)=Cc1cccc(CCCI)c1. The molecule has 1 rings (SSSR count). The summed E-state index contributed by atoms with van der Waals surface area (Å²) in [6, 6.07) is 8.95. The van der Waals surface area contributed by atoms with Crippen LogP contribution in [0, 0.1) is 0 Å². The minimum Gasteiger partial charge on any atom is -0.0864 e. The third kappa shape index (κ3) is 7.56. The zero-order valence-corrected chi connectivity index (χ0v) is 14.5. The van der Waals surface area contributed by atoms with Gasteiger partial charge in [0, 0.05) is 0 Å². The summed E-state index contributed by atoms with van der Waals surface area (Å²) in [5.41, 5.74) is 5.68. The fourth-order valence-electron chi connectivity index (χ4n) is 2.05. The number of aryl methyl sites for hydroxylation is 1. The summed E-state index contributed by atoms with van der Waals surface area (Å²) in [6.45, 7) is 6.56. The van der Waals surface area contributed by atoms with Crippen molar-refractivity contribution in [2.75, 3.05) is 4.43 Å². The van der Waals surface area contributed by atoms with Gasteiger partial charge in [0.25, 0.3) is 0 Å².